The van der Waals surface area contributed by atoms with E-state index in [1.807, 2.05) is 55.1 Å². The number of nitrogens with zero attached hydrogens (tertiary/aromatic N) is 2. The van der Waals surface area contributed by atoms with E-state index in [4.69, 9.17) is 4.74 Å². The minimum absolute atomic E-state index is 0.0124. The van der Waals surface area contributed by atoms with Gasteiger partial charge in [-0.3, -0.25) is 9.59 Å². The van der Waals surface area contributed by atoms with Gasteiger partial charge in [-0.2, -0.15) is 0 Å². The Balaban J connectivity index is 1.52. The largest absolute Gasteiger partial charge is 0.379 e. The summed E-state index contributed by atoms with van der Waals surface area (Å²) in [5.41, 5.74) is 4.17. The van der Waals surface area contributed by atoms with Crippen molar-refractivity contribution in [2.75, 3.05) is 19.7 Å². The number of carbonyl (C=O) groups is 2. The number of H-pyrrole nitrogens is 1. The Morgan fingerprint density at radius 1 is 1.12 bits per heavy atom. The molecule has 0 saturated carbocycles. The van der Waals surface area contributed by atoms with Crippen molar-refractivity contribution in [1.82, 2.24) is 14.8 Å². The van der Waals surface area contributed by atoms with E-state index in [1.54, 1.807) is 4.90 Å². The standard InChI is InChI=1S/C26H28BrN3O3/c1-16(2)33-13-5-12-29-15-23(31)30-22(26(29)32)14-20-19-6-3-4-7-21(19)28-24(20)25(30)17-8-10-18(27)11-9-17/h3-4,6-11,16,22,25,28H,5,12-15H2,1-2H3/t22-,25+/m0/s1. The summed E-state index contributed by atoms with van der Waals surface area (Å²) in [4.78, 5) is 34.2. The fourth-order valence-corrected chi connectivity index (χ4v) is 5.34. The van der Waals surface area contributed by atoms with Gasteiger partial charge in [0.25, 0.3) is 0 Å². The van der Waals surface area contributed by atoms with Crippen LogP contribution in [0.1, 0.15) is 43.1 Å². The zero-order valence-corrected chi connectivity index (χ0v) is 20.5. The topological polar surface area (TPSA) is 65.6 Å². The molecule has 1 fully saturated rings. The molecule has 3 aromatic rings. The number of carbonyl (C=O) groups excluding carboxylic acids is 2. The molecule has 2 aliphatic rings. The molecule has 0 bridgehead atoms. The van der Waals surface area contributed by atoms with Gasteiger partial charge in [0.2, 0.25) is 11.8 Å². The Labute approximate surface area is 202 Å². The summed E-state index contributed by atoms with van der Waals surface area (Å²) in [5.74, 6) is 0.0128. The fraction of sp³-hybridized carbons (Fsp3) is 0.385. The maximum absolute atomic E-state index is 13.6. The first kappa shape index (κ1) is 22.2. The number of halogens is 1. The van der Waals surface area contributed by atoms with E-state index < -0.39 is 6.04 Å². The third-order valence-corrected chi connectivity index (χ3v) is 7.08. The second-order valence-electron chi connectivity index (χ2n) is 9.07. The van der Waals surface area contributed by atoms with Gasteiger partial charge >= 0.3 is 0 Å². The molecule has 0 spiro atoms. The number of benzene rings is 2. The number of rotatable bonds is 6. The number of ether oxygens (including phenoxy) is 1. The Kier molecular flexibility index (Phi) is 6.01. The van der Waals surface area contributed by atoms with Crippen LogP contribution in [0.3, 0.4) is 0 Å². The zero-order chi connectivity index (χ0) is 23.1. The molecule has 1 aromatic heterocycles. The molecule has 0 radical (unpaired) electrons. The third kappa shape index (κ3) is 4.08. The molecular weight excluding hydrogens is 482 g/mol. The first-order valence-electron chi connectivity index (χ1n) is 11.5. The Hall–Kier alpha value is -2.64. The van der Waals surface area contributed by atoms with Crippen LogP contribution in [-0.2, 0) is 20.7 Å². The summed E-state index contributed by atoms with van der Waals surface area (Å²) in [6.07, 6.45) is 1.40. The average Bonchev–Trinajstić information content (AvgIpc) is 3.17. The van der Waals surface area contributed by atoms with E-state index in [-0.39, 0.29) is 30.5 Å². The fourth-order valence-electron chi connectivity index (χ4n) is 5.08. The molecule has 7 heteroatoms. The second-order valence-corrected chi connectivity index (χ2v) is 9.99. The van der Waals surface area contributed by atoms with Crippen LogP contribution < -0.4 is 0 Å². The molecule has 2 aliphatic heterocycles. The van der Waals surface area contributed by atoms with Crippen molar-refractivity contribution in [3.05, 3.63) is 69.8 Å². The van der Waals surface area contributed by atoms with Crippen LogP contribution in [0, 0.1) is 0 Å². The number of aromatic amines is 1. The lowest BCUT2D eigenvalue weighted by Crippen LogP contribution is -2.63. The van der Waals surface area contributed by atoms with Crippen molar-refractivity contribution >= 4 is 38.6 Å². The van der Waals surface area contributed by atoms with Crippen molar-refractivity contribution < 1.29 is 14.3 Å². The van der Waals surface area contributed by atoms with Crippen molar-refractivity contribution in [1.29, 1.82) is 0 Å². The molecule has 0 aliphatic carbocycles. The van der Waals surface area contributed by atoms with Crippen molar-refractivity contribution in [3.63, 3.8) is 0 Å². The first-order valence-corrected chi connectivity index (χ1v) is 12.3. The maximum atomic E-state index is 13.6. The summed E-state index contributed by atoms with van der Waals surface area (Å²) >= 11 is 3.51. The van der Waals surface area contributed by atoms with Gasteiger partial charge in [0.05, 0.1) is 18.7 Å². The van der Waals surface area contributed by atoms with E-state index in [9.17, 15) is 9.59 Å². The van der Waals surface area contributed by atoms with Gasteiger partial charge in [-0.1, -0.05) is 46.3 Å². The molecule has 2 atom stereocenters. The van der Waals surface area contributed by atoms with Crippen LogP contribution in [0.5, 0.6) is 0 Å². The summed E-state index contributed by atoms with van der Waals surface area (Å²) in [6.45, 7) is 5.22. The summed E-state index contributed by atoms with van der Waals surface area (Å²) < 4.78 is 6.61. The number of hydrogen-bond acceptors (Lipinski definition) is 3. The molecular formula is C26H28BrN3O3. The highest BCUT2D eigenvalue weighted by Gasteiger charge is 2.48. The molecule has 5 rings (SSSR count). The molecule has 0 unspecified atom stereocenters. The van der Waals surface area contributed by atoms with Crippen LogP contribution in [0.2, 0.25) is 0 Å². The number of nitrogens with one attached hydrogen (secondary N) is 1. The Bertz CT molecular complexity index is 1190. The van der Waals surface area contributed by atoms with Gasteiger partial charge in [0.15, 0.2) is 0 Å². The monoisotopic (exact) mass is 509 g/mol. The van der Waals surface area contributed by atoms with Gasteiger partial charge in [-0.25, -0.2) is 0 Å². The molecule has 3 heterocycles. The predicted molar refractivity (Wildman–Crippen MR) is 131 cm³/mol. The van der Waals surface area contributed by atoms with Crippen LogP contribution in [-0.4, -0.2) is 58.4 Å². The maximum Gasteiger partial charge on any atom is 0.246 e. The van der Waals surface area contributed by atoms with Gasteiger partial charge in [0, 0.05) is 40.6 Å². The third-order valence-electron chi connectivity index (χ3n) is 6.55. The Morgan fingerprint density at radius 3 is 2.64 bits per heavy atom. The second kappa shape index (κ2) is 8.95. The molecule has 2 amide bonds. The average molecular weight is 510 g/mol. The van der Waals surface area contributed by atoms with E-state index in [0.717, 1.165) is 38.6 Å². The molecule has 172 valence electrons. The highest BCUT2D eigenvalue weighted by atomic mass is 79.9. The summed E-state index contributed by atoms with van der Waals surface area (Å²) in [6, 6.07) is 15.4. The lowest BCUT2D eigenvalue weighted by Gasteiger charge is -2.47. The number of fused-ring (bicyclic) bond motifs is 4. The molecule has 1 N–H and O–H groups in total. The van der Waals surface area contributed by atoms with E-state index in [1.165, 1.54) is 0 Å². The van der Waals surface area contributed by atoms with Crippen molar-refractivity contribution in [3.8, 4) is 0 Å². The van der Waals surface area contributed by atoms with Gasteiger partial charge in [-0.15, -0.1) is 0 Å². The van der Waals surface area contributed by atoms with Gasteiger partial charge in [0.1, 0.15) is 6.04 Å². The molecule has 1 saturated heterocycles. The van der Waals surface area contributed by atoms with Crippen LogP contribution in [0.15, 0.2) is 53.0 Å². The van der Waals surface area contributed by atoms with E-state index in [2.05, 4.69) is 33.0 Å². The Morgan fingerprint density at radius 2 is 1.88 bits per heavy atom. The van der Waals surface area contributed by atoms with Gasteiger partial charge in [-0.05, 0) is 49.6 Å². The number of para-hydroxylation sites is 1. The number of aromatic nitrogens is 1. The lowest BCUT2D eigenvalue weighted by molar-refractivity contribution is -0.158. The normalized spacial score (nSPS) is 20.5. The number of amides is 2. The zero-order valence-electron chi connectivity index (χ0n) is 18.9. The quantitative estimate of drug-likeness (QED) is 0.499. The smallest absolute Gasteiger partial charge is 0.246 e. The highest BCUT2D eigenvalue weighted by Crippen LogP contribution is 2.42. The van der Waals surface area contributed by atoms with Crippen molar-refractivity contribution in [2.24, 2.45) is 0 Å². The lowest BCUT2D eigenvalue weighted by atomic mass is 9.86. The van der Waals surface area contributed by atoms with Gasteiger partial charge < -0.3 is 19.5 Å². The van der Waals surface area contributed by atoms with Crippen molar-refractivity contribution in [2.45, 2.75) is 44.9 Å². The molecule has 33 heavy (non-hydrogen) atoms. The number of hydrogen-bond donors (Lipinski definition) is 1. The number of piperazine rings is 1. The SMILES string of the molecule is CC(C)OCCCN1CC(=O)N2[C@H](c3ccc(Br)cc3)c3[nH]c4ccccc4c3C[C@H]2C1=O. The molecule has 2 aromatic carbocycles. The first-order chi connectivity index (χ1) is 15.9. The van der Waals surface area contributed by atoms with Crippen LogP contribution >= 0.6 is 15.9 Å². The predicted octanol–water partition coefficient (Wildman–Crippen LogP) is 4.43. The summed E-state index contributed by atoms with van der Waals surface area (Å²) in [5, 5.41) is 1.12. The highest BCUT2D eigenvalue weighted by molar-refractivity contribution is 9.10. The minimum Gasteiger partial charge on any atom is -0.379 e. The van der Waals surface area contributed by atoms with Crippen LogP contribution in [0.4, 0.5) is 0 Å². The summed E-state index contributed by atoms with van der Waals surface area (Å²) in [7, 11) is 0. The van der Waals surface area contributed by atoms with Crippen LogP contribution in [0.25, 0.3) is 10.9 Å². The minimum atomic E-state index is -0.502. The van der Waals surface area contributed by atoms with E-state index >= 15 is 0 Å². The van der Waals surface area contributed by atoms with E-state index in [0.29, 0.717) is 19.6 Å². The molecule has 6 nitrogen and oxygen atoms in total.